The molecule has 0 spiro atoms. The summed E-state index contributed by atoms with van der Waals surface area (Å²) in [6.45, 7) is 9.82. The van der Waals surface area contributed by atoms with Crippen molar-refractivity contribution in [3.63, 3.8) is 0 Å². The average molecular weight is 276 g/mol. The van der Waals surface area contributed by atoms with E-state index in [9.17, 15) is 4.79 Å². The Hall–Kier alpha value is -1.71. The summed E-state index contributed by atoms with van der Waals surface area (Å²) in [7, 11) is 4.00. The van der Waals surface area contributed by atoms with Gasteiger partial charge in [0.2, 0.25) is 5.91 Å². The minimum Gasteiger partial charge on any atom is -0.487 e. The number of benzene rings is 1. The van der Waals surface area contributed by atoms with Gasteiger partial charge in [-0.25, -0.2) is 0 Å². The molecule has 0 aliphatic carbocycles. The highest BCUT2D eigenvalue weighted by molar-refractivity contribution is 5.96. The third-order valence-corrected chi connectivity index (χ3v) is 3.80. The minimum atomic E-state index is -0.195. The Kier molecular flexibility index (Phi) is 3.44. The molecule has 110 valence electrons. The number of hydrogen-bond acceptors (Lipinski definition) is 3. The first-order valence-corrected chi connectivity index (χ1v) is 6.94. The molecule has 0 fully saturated rings. The summed E-state index contributed by atoms with van der Waals surface area (Å²) in [5.74, 6) is 0.930. The van der Waals surface area contributed by atoms with Crippen LogP contribution >= 0.6 is 0 Å². The van der Waals surface area contributed by atoms with Crippen molar-refractivity contribution in [3.8, 4) is 5.75 Å². The van der Waals surface area contributed by atoms with Crippen LogP contribution in [0.5, 0.6) is 5.75 Å². The minimum absolute atomic E-state index is 0.0475. The zero-order chi connectivity index (χ0) is 15.2. The molecule has 1 aromatic carbocycles. The number of rotatable bonds is 2. The first-order chi connectivity index (χ1) is 9.14. The highest BCUT2D eigenvalue weighted by Crippen LogP contribution is 2.48. The number of ether oxygens (including phenoxy) is 1. The quantitative estimate of drug-likeness (QED) is 0.902. The normalized spacial score (nSPS) is 15.6. The van der Waals surface area contributed by atoms with Crippen LogP contribution in [0.2, 0.25) is 0 Å². The van der Waals surface area contributed by atoms with E-state index in [-0.39, 0.29) is 11.5 Å². The van der Waals surface area contributed by atoms with Crippen LogP contribution in [0.3, 0.4) is 0 Å². The molecule has 1 aliphatic heterocycles. The zero-order valence-corrected chi connectivity index (χ0v) is 13.5. The second-order valence-corrected chi connectivity index (χ2v) is 6.40. The van der Waals surface area contributed by atoms with E-state index >= 15 is 0 Å². The maximum absolute atomic E-state index is 11.5. The maximum Gasteiger partial charge on any atom is 0.221 e. The molecule has 1 aromatic rings. The van der Waals surface area contributed by atoms with Crippen LogP contribution < -0.4 is 15.0 Å². The van der Waals surface area contributed by atoms with Gasteiger partial charge in [-0.2, -0.15) is 0 Å². The number of nitrogens with one attached hydrogen (secondary N) is 1. The third kappa shape index (κ3) is 2.35. The molecular formula is C16H24N2O2. The fourth-order valence-corrected chi connectivity index (χ4v) is 2.88. The van der Waals surface area contributed by atoms with E-state index in [1.165, 1.54) is 5.56 Å². The van der Waals surface area contributed by atoms with Crippen molar-refractivity contribution in [2.75, 3.05) is 24.3 Å². The topological polar surface area (TPSA) is 41.6 Å². The molecule has 0 saturated heterocycles. The molecule has 1 N–H and O–H groups in total. The van der Waals surface area contributed by atoms with Gasteiger partial charge in [0, 0.05) is 33.0 Å². The lowest BCUT2D eigenvalue weighted by atomic mass is 9.94. The summed E-state index contributed by atoms with van der Waals surface area (Å²) in [4.78, 5) is 13.6. The van der Waals surface area contributed by atoms with Crippen molar-refractivity contribution < 1.29 is 9.53 Å². The van der Waals surface area contributed by atoms with E-state index in [2.05, 4.69) is 31.0 Å². The Morgan fingerprint density at radius 3 is 2.35 bits per heavy atom. The molecule has 1 heterocycles. The SMILES string of the molecule is CC(=O)Nc1c(C)c(C)c2c(c1N(C)C)CC(C)(C)O2. The molecule has 0 bridgehead atoms. The van der Waals surface area contributed by atoms with Crippen molar-refractivity contribution in [2.45, 2.75) is 46.6 Å². The van der Waals surface area contributed by atoms with Gasteiger partial charge in [-0.1, -0.05) is 0 Å². The van der Waals surface area contributed by atoms with Gasteiger partial charge in [0.1, 0.15) is 11.4 Å². The van der Waals surface area contributed by atoms with E-state index in [1.54, 1.807) is 6.92 Å². The monoisotopic (exact) mass is 276 g/mol. The molecular weight excluding hydrogens is 252 g/mol. The van der Waals surface area contributed by atoms with E-state index in [1.807, 2.05) is 21.0 Å². The van der Waals surface area contributed by atoms with Crippen LogP contribution in [0, 0.1) is 13.8 Å². The van der Waals surface area contributed by atoms with Crippen molar-refractivity contribution in [2.24, 2.45) is 0 Å². The number of carbonyl (C=O) groups is 1. The Morgan fingerprint density at radius 1 is 1.25 bits per heavy atom. The lowest BCUT2D eigenvalue weighted by Gasteiger charge is -2.24. The number of hydrogen-bond donors (Lipinski definition) is 1. The van der Waals surface area contributed by atoms with Gasteiger partial charge in [0.25, 0.3) is 0 Å². The fraction of sp³-hybridized carbons (Fsp3) is 0.562. The molecule has 0 aromatic heterocycles. The molecule has 20 heavy (non-hydrogen) atoms. The molecule has 0 radical (unpaired) electrons. The Bertz CT molecular complexity index is 575. The summed E-state index contributed by atoms with van der Waals surface area (Å²) in [6.07, 6.45) is 0.851. The largest absolute Gasteiger partial charge is 0.487 e. The molecule has 4 heteroatoms. The van der Waals surface area contributed by atoms with Crippen molar-refractivity contribution in [1.82, 2.24) is 0 Å². The number of anilines is 2. The summed E-state index contributed by atoms with van der Waals surface area (Å²) in [6, 6.07) is 0. The summed E-state index contributed by atoms with van der Waals surface area (Å²) in [5, 5.41) is 2.98. The van der Waals surface area contributed by atoms with Crippen molar-refractivity contribution in [3.05, 3.63) is 16.7 Å². The second kappa shape index (κ2) is 4.69. The van der Waals surface area contributed by atoms with Crippen LogP contribution in [-0.2, 0) is 11.2 Å². The number of nitrogens with zero attached hydrogens (tertiary/aromatic N) is 1. The van der Waals surface area contributed by atoms with Gasteiger partial charge >= 0.3 is 0 Å². The smallest absolute Gasteiger partial charge is 0.221 e. The van der Waals surface area contributed by atoms with E-state index in [0.717, 1.165) is 34.7 Å². The van der Waals surface area contributed by atoms with E-state index < -0.39 is 0 Å². The molecule has 1 aliphatic rings. The first kappa shape index (κ1) is 14.7. The van der Waals surface area contributed by atoms with Crippen molar-refractivity contribution >= 4 is 17.3 Å². The summed E-state index contributed by atoms with van der Waals surface area (Å²) in [5.41, 5.74) is 5.13. The van der Waals surface area contributed by atoms with Crippen LogP contribution in [0.25, 0.3) is 0 Å². The predicted molar refractivity (Wildman–Crippen MR) is 83.0 cm³/mol. The third-order valence-electron chi connectivity index (χ3n) is 3.80. The molecule has 1 amide bonds. The Balaban J connectivity index is 2.72. The molecule has 0 atom stereocenters. The van der Waals surface area contributed by atoms with Gasteiger partial charge in [-0.15, -0.1) is 0 Å². The molecule has 4 nitrogen and oxygen atoms in total. The van der Waals surface area contributed by atoms with Gasteiger partial charge in [-0.05, 0) is 38.8 Å². The number of amides is 1. The Morgan fingerprint density at radius 2 is 1.85 bits per heavy atom. The summed E-state index contributed by atoms with van der Waals surface area (Å²) >= 11 is 0. The number of fused-ring (bicyclic) bond motifs is 1. The van der Waals surface area contributed by atoms with Gasteiger partial charge in [-0.3, -0.25) is 4.79 Å². The lowest BCUT2D eigenvalue weighted by Crippen LogP contribution is -2.25. The zero-order valence-electron chi connectivity index (χ0n) is 13.5. The number of carbonyl (C=O) groups excluding carboxylic acids is 1. The maximum atomic E-state index is 11.5. The van der Waals surface area contributed by atoms with Crippen LogP contribution in [0.1, 0.15) is 37.5 Å². The highest BCUT2D eigenvalue weighted by atomic mass is 16.5. The van der Waals surface area contributed by atoms with Gasteiger partial charge < -0.3 is 15.0 Å². The highest BCUT2D eigenvalue weighted by Gasteiger charge is 2.36. The standard InChI is InChI=1S/C16H24N2O2/c1-9-10(2)15-12(8-16(4,5)20-15)14(18(6)7)13(9)17-11(3)19/h8H2,1-7H3,(H,17,19). The van der Waals surface area contributed by atoms with E-state index in [0.29, 0.717) is 0 Å². The summed E-state index contributed by atoms with van der Waals surface area (Å²) < 4.78 is 6.12. The first-order valence-electron chi connectivity index (χ1n) is 6.94. The van der Waals surface area contributed by atoms with Crippen LogP contribution in [0.15, 0.2) is 0 Å². The van der Waals surface area contributed by atoms with Crippen LogP contribution in [-0.4, -0.2) is 25.6 Å². The van der Waals surface area contributed by atoms with Crippen LogP contribution in [0.4, 0.5) is 11.4 Å². The fourth-order valence-electron chi connectivity index (χ4n) is 2.88. The van der Waals surface area contributed by atoms with E-state index in [4.69, 9.17) is 4.74 Å². The molecule has 0 saturated carbocycles. The van der Waals surface area contributed by atoms with Crippen molar-refractivity contribution in [1.29, 1.82) is 0 Å². The lowest BCUT2D eigenvalue weighted by molar-refractivity contribution is -0.114. The molecule has 2 rings (SSSR count). The average Bonchev–Trinajstić information content (AvgIpc) is 2.60. The second-order valence-electron chi connectivity index (χ2n) is 6.40. The Labute approximate surface area is 121 Å². The molecule has 0 unspecified atom stereocenters. The van der Waals surface area contributed by atoms with Gasteiger partial charge in [0.05, 0.1) is 11.4 Å². The van der Waals surface area contributed by atoms with Gasteiger partial charge in [0.15, 0.2) is 0 Å². The predicted octanol–water partition coefficient (Wildman–Crippen LogP) is 3.04.